The maximum atomic E-state index is 13.7. The largest absolute Gasteiger partial charge is 0.493 e. The molecule has 3 amide bonds. The van der Waals surface area contributed by atoms with Crippen molar-refractivity contribution in [1.29, 1.82) is 5.26 Å². The van der Waals surface area contributed by atoms with Gasteiger partial charge >= 0.3 is 12.1 Å². The standard InChI is InChI=1S/C55H56N11O8/c1-35-17-21-65(50(67)16-20-56)30-46(35)63(4)52-42-19-23-66(53(42)58-33-57-52)54(68)61(2)24-25-62(3)55(69)72-32-37-8-13-41(14-9-37)60-59-40-11-6-36(7-12-40)31-71-51-44-29-64-22-18-39-27-48-49(74-34-73-48)28-43(39)45(64)26-38(44)10-15-47(51)70-5/h6-15,19,23,26-29,33,35,46H,16-18,21-22,24-25,30-32,34H2,1-5H3/q+1/t35-,46+/m1/s1. The van der Waals surface area contributed by atoms with Crippen molar-refractivity contribution in [2.45, 2.75) is 52.0 Å². The molecule has 378 valence electrons. The Morgan fingerprint density at radius 2 is 1.59 bits per heavy atom. The van der Waals surface area contributed by atoms with E-state index >= 15 is 0 Å². The van der Waals surface area contributed by atoms with Crippen LogP contribution < -0.4 is 28.4 Å². The fourth-order valence-electron chi connectivity index (χ4n) is 9.71. The van der Waals surface area contributed by atoms with Gasteiger partial charge < -0.3 is 43.3 Å². The number of aryl methyl sites for hydroxylation is 2. The summed E-state index contributed by atoms with van der Waals surface area (Å²) in [6.07, 6.45) is 6.22. The number of fused-ring (bicyclic) bond motifs is 6. The third-order valence-corrected chi connectivity index (χ3v) is 14.1. The number of piperidine rings is 1. The summed E-state index contributed by atoms with van der Waals surface area (Å²) in [6, 6.07) is 28.7. The number of aromatic nitrogens is 4. The molecule has 4 aromatic carbocycles. The normalized spacial score (nSPS) is 15.6. The van der Waals surface area contributed by atoms with Crippen LogP contribution in [0, 0.1) is 17.2 Å². The topological polar surface area (TPSA) is 193 Å². The molecule has 0 bridgehead atoms. The highest BCUT2D eigenvalue weighted by molar-refractivity contribution is 5.95. The van der Waals surface area contributed by atoms with Crippen LogP contribution in [-0.2, 0) is 35.7 Å². The van der Waals surface area contributed by atoms with Crippen LogP contribution in [0.5, 0.6) is 23.0 Å². The van der Waals surface area contributed by atoms with Crippen molar-refractivity contribution < 1.29 is 42.6 Å². The number of amides is 3. The Kier molecular flexibility index (Phi) is 13.9. The van der Waals surface area contributed by atoms with Crippen LogP contribution in [-0.4, -0.2) is 115 Å². The SMILES string of the molecule is COc1ccc2cc3[n+](cc2c1OCc1ccc(N=Nc2ccc(COC(=O)N(C)CCN(C)C(=O)n4ccc5c(N(C)[C@H]6CN(C(=O)CC#N)CC[C@H]6C)ncnc54)cc2)cc1)CCc1cc2c(cc1-3)OCO2. The Hall–Kier alpha value is -8.79. The molecule has 6 heterocycles. The van der Waals surface area contributed by atoms with Gasteiger partial charge in [0.1, 0.15) is 31.8 Å². The minimum absolute atomic E-state index is 0.0440. The summed E-state index contributed by atoms with van der Waals surface area (Å²) in [5.41, 5.74) is 6.98. The number of hydrogen-bond donors (Lipinski definition) is 0. The summed E-state index contributed by atoms with van der Waals surface area (Å²) >= 11 is 0. The Balaban J connectivity index is 0.691. The second kappa shape index (κ2) is 21.1. The lowest BCUT2D eigenvalue weighted by Gasteiger charge is -2.42. The first-order valence-electron chi connectivity index (χ1n) is 24.5. The molecule has 0 radical (unpaired) electrons. The minimum Gasteiger partial charge on any atom is -0.493 e. The lowest BCUT2D eigenvalue weighted by Crippen LogP contribution is -2.52. The molecular formula is C55H56N11O8+. The summed E-state index contributed by atoms with van der Waals surface area (Å²) in [5, 5.41) is 20.6. The van der Waals surface area contributed by atoms with E-state index in [1.165, 1.54) is 26.3 Å². The Labute approximate surface area is 427 Å². The van der Waals surface area contributed by atoms with Gasteiger partial charge in [-0.3, -0.25) is 9.36 Å². The second-order valence-corrected chi connectivity index (χ2v) is 18.8. The van der Waals surface area contributed by atoms with Crippen molar-refractivity contribution in [3.05, 3.63) is 120 Å². The molecule has 19 heteroatoms. The van der Waals surface area contributed by atoms with Gasteiger partial charge in [0.05, 0.1) is 46.9 Å². The number of benzene rings is 4. The van der Waals surface area contributed by atoms with Crippen LogP contribution >= 0.6 is 0 Å². The molecule has 3 aromatic heterocycles. The summed E-state index contributed by atoms with van der Waals surface area (Å²) < 4.78 is 32.9. The van der Waals surface area contributed by atoms with Crippen molar-refractivity contribution in [1.82, 2.24) is 29.2 Å². The number of nitrogens with zero attached hydrogens (tertiary/aromatic N) is 11. The average Bonchev–Trinajstić information content (AvgIpc) is 4.09. The van der Waals surface area contributed by atoms with Crippen LogP contribution in [0.25, 0.3) is 33.1 Å². The van der Waals surface area contributed by atoms with Gasteiger partial charge in [-0.1, -0.05) is 31.2 Å². The quantitative estimate of drug-likeness (QED) is 0.0745. The van der Waals surface area contributed by atoms with Crippen molar-refractivity contribution in [2.75, 3.05) is 66.1 Å². The maximum Gasteiger partial charge on any atom is 0.409 e. The number of carbonyl (C=O) groups is 3. The van der Waals surface area contributed by atoms with Gasteiger partial charge in [-0.05, 0) is 89.0 Å². The third-order valence-electron chi connectivity index (χ3n) is 14.1. The van der Waals surface area contributed by atoms with Crippen LogP contribution in [0.3, 0.4) is 0 Å². The number of azo groups is 1. The fraction of sp³-hybridized carbons (Fsp3) is 0.327. The van der Waals surface area contributed by atoms with E-state index in [0.717, 1.165) is 64.0 Å². The molecule has 0 N–H and O–H groups in total. The zero-order valence-corrected chi connectivity index (χ0v) is 41.9. The van der Waals surface area contributed by atoms with Crippen LogP contribution in [0.1, 0.15) is 36.5 Å². The molecule has 3 aliphatic rings. The van der Waals surface area contributed by atoms with Crippen LogP contribution in [0.15, 0.2) is 114 Å². The molecule has 0 unspecified atom stereocenters. The number of nitriles is 1. The zero-order valence-electron chi connectivity index (χ0n) is 41.9. The van der Waals surface area contributed by atoms with Crippen molar-refractivity contribution in [3.8, 4) is 40.3 Å². The van der Waals surface area contributed by atoms with Gasteiger partial charge in [0.2, 0.25) is 18.4 Å². The number of ether oxygens (including phenoxy) is 5. The van der Waals surface area contributed by atoms with Crippen molar-refractivity contribution >= 4 is 57.0 Å². The van der Waals surface area contributed by atoms with Gasteiger partial charge in [0, 0.05) is 66.0 Å². The van der Waals surface area contributed by atoms with Gasteiger partial charge in [-0.25, -0.2) is 19.6 Å². The second-order valence-electron chi connectivity index (χ2n) is 18.8. The lowest BCUT2D eigenvalue weighted by molar-refractivity contribution is -0.686. The molecule has 0 aliphatic carbocycles. The zero-order chi connectivity index (χ0) is 51.5. The van der Waals surface area contributed by atoms with E-state index in [9.17, 15) is 14.4 Å². The van der Waals surface area contributed by atoms with E-state index in [4.69, 9.17) is 28.9 Å². The molecule has 10 rings (SSSR count). The number of pyridine rings is 1. The average molecular weight is 999 g/mol. The highest BCUT2D eigenvalue weighted by Crippen LogP contribution is 2.42. The van der Waals surface area contributed by atoms with E-state index in [-0.39, 0.29) is 56.8 Å². The number of likely N-dealkylation sites (tertiary alicyclic amines) is 1. The molecule has 0 saturated carbocycles. The molecular weight excluding hydrogens is 943 g/mol. The monoisotopic (exact) mass is 998 g/mol. The Morgan fingerprint density at radius 3 is 2.32 bits per heavy atom. The number of rotatable bonds is 14. The van der Waals surface area contributed by atoms with E-state index < -0.39 is 6.09 Å². The summed E-state index contributed by atoms with van der Waals surface area (Å²) in [7, 11) is 6.85. The summed E-state index contributed by atoms with van der Waals surface area (Å²) in [5.74, 6) is 3.62. The smallest absolute Gasteiger partial charge is 0.409 e. The van der Waals surface area contributed by atoms with Crippen molar-refractivity contribution in [3.63, 3.8) is 0 Å². The first-order chi connectivity index (χ1) is 36.0. The number of likely N-dealkylation sites (N-methyl/N-ethyl adjacent to an activating group) is 3. The molecule has 2 atom stereocenters. The molecule has 1 saturated heterocycles. The molecule has 0 spiro atoms. The highest BCUT2D eigenvalue weighted by atomic mass is 16.7. The summed E-state index contributed by atoms with van der Waals surface area (Å²) in [6.45, 7) is 5.11. The van der Waals surface area contributed by atoms with Gasteiger partial charge in [0.15, 0.2) is 41.4 Å². The first kappa shape index (κ1) is 48.8. The van der Waals surface area contributed by atoms with E-state index in [2.05, 4.69) is 62.1 Å². The first-order valence-corrected chi connectivity index (χ1v) is 24.5. The fourth-order valence-corrected chi connectivity index (χ4v) is 9.71. The lowest BCUT2D eigenvalue weighted by atomic mass is 9.92. The van der Waals surface area contributed by atoms with Gasteiger partial charge in [-0.2, -0.15) is 20.1 Å². The molecule has 7 aromatic rings. The molecule has 19 nitrogen and oxygen atoms in total. The maximum absolute atomic E-state index is 13.7. The van der Waals surface area contributed by atoms with E-state index in [1.54, 1.807) is 38.4 Å². The number of carbonyl (C=O) groups excluding carboxylic acids is 3. The number of anilines is 1. The predicted molar refractivity (Wildman–Crippen MR) is 274 cm³/mol. The van der Waals surface area contributed by atoms with E-state index in [0.29, 0.717) is 59.4 Å². The predicted octanol–water partition coefficient (Wildman–Crippen LogP) is 8.58. The molecule has 3 aliphatic heterocycles. The van der Waals surface area contributed by atoms with Crippen molar-refractivity contribution in [2.24, 2.45) is 16.1 Å². The van der Waals surface area contributed by atoms with Gasteiger partial charge in [-0.15, -0.1) is 0 Å². The highest BCUT2D eigenvalue weighted by Gasteiger charge is 2.34. The van der Waals surface area contributed by atoms with Crippen LogP contribution in [0.4, 0.5) is 26.8 Å². The number of hydrogen-bond acceptors (Lipinski definition) is 14. The molecule has 1 fully saturated rings. The van der Waals surface area contributed by atoms with Crippen LogP contribution in [0.2, 0.25) is 0 Å². The minimum atomic E-state index is -0.532. The van der Waals surface area contributed by atoms with Gasteiger partial charge in [0.25, 0.3) is 0 Å². The number of methoxy groups -OCH3 is 1. The van der Waals surface area contributed by atoms with E-state index in [1.807, 2.05) is 72.6 Å². The third kappa shape index (κ3) is 10.0. The Bertz CT molecular complexity index is 3340. The Morgan fingerprint density at radius 1 is 0.878 bits per heavy atom. The summed E-state index contributed by atoms with van der Waals surface area (Å²) in [4.78, 5) is 54.9. The molecule has 74 heavy (non-hydrogen) atoms.